The number of aryl methyl sites for hydroxylation is 1. The third-order valence-electron chi connectivity index (χ3n) is 6.20. The maximum absolute atomic E-state index is 13.1. The van der Waals surface area contributed by atoms with E-state index >= 15 is 0 Å². The van der Waals surface area contributed by atoms with Crippen LogP contribution in [0.1, 0.15) is 74.6 Å². The summed E-state index contributed by atoms with van der Waals surface area (Å²) in [5.74, 6) is 0.249. The largest absolute Gasteiger partial charge is 0.478 e. The Labute approximate surface area is 178 Å². The number of nitrogens with zero attached hydrogens (tertiary/aromatic N) is 2. The highest BCUT2D eigenvalue weighted by molar-refractivity contribution is 7.17. The highest BCUT2D eigenvalue weighted by atomic mass is 32.1. The number of carboxylic acid groups (broad SMARTS) is 1. The van der Waals surface area contributed by atoms with Crippen molar-refractivity contribution in [3.05, 3.63) is 27.4 Å². The monoisotopic (exact) mass is 427 g/mol. The molecule has 2 N–H and O–H groups in total. The van der Waals surface area contributed by atoms with Crippen LogP contribution in [0.3, 0.4) is 0 Å². The SMILES string of the molecule is CC1(C)CC(C(=O)O)=C(C(=O)Nc2sc3c(c2-c2nc(C4CC4)no2)CCCC3)C1. The van der Waals surface area contributed by atoms with Gasteiger partial charge in [0.05, 0.1) is 5.56 Å². The van der Waals surface area contributed by atoms with E-state index in [2.05, 4.69) is 15.5 Å². The number of carbonyl (C=O) groups is 2. The molecule has 0 bridgehead atoms. The predicted molar refractivity (Wildman–Crippen MR) is 113 cm³/mol. The van der Waals surface area contributed by atoms with Crippen LogP contribution in [-0.2, 0) is 22.4 Å². The van der Waals surface area contributed by atoms with E-state index in [1.54, 1.807) is 11.3 Å². The van der Waals surface area contributed by atoms with Crippen molar-refractivity contribution in [2.45, 2.75) is 71.1 Å². The van der Waals surface area contributed by atoms with Crippen LogP contribution < -0.4 is 5.32 Å². The average Bonchev–Trinajstić information content (AvgIpc) is 3.17. The van der Waals surface area contributed by atoms with Crippen molar-refractivity contribution in [3.63, 3.8) is 0 Å². The van der Waals surface area contributed by atoms with Gasteiger partial charge in [0.1, 0.15) is 5.00 Å². The van der Waals surface area contributed by atoms with Gasteiger partial charge in [-0.1, -0.05) is 19.0 Å². The van der Waals surface area contributed by atoms with E-state index in [9.17, 15) is 14.7 Å². The summed E-state index contributed by atoms with van der Waals surface area (Å²) in [6.45, 7) is 3.98. The van der Waals surface area contributed by atoms with Gasteiger partial charge in [0, 0.05) is 21.9 Å². The Hall–Kier alpha value is -2.48. The van der Waals surface area contributed by atoms with Crippen LogP contribution in [0.5, 0.6) is 0 Å². The predicted octanol–water partition coefficient (Wildman–Crippen LogP) is 4.69. The number of aromatic nitrogens is 2. The smallest absolute Gasteiger partial charge is 0.332 e. The molecular formula is C22H25N3O4S. The summed E-state index contributed by atoms with van der Waals surface area (Å²) in [5, 5.41) is 17.5. The van der Waals surface area contributed by atoms with Crippen LogP contribution in [0, 0.1) is 5.41 Å². The number of hydrogen-bond acceptors (Lipinski definition) is 6. The quantitative estimate of drug-likeness (QED) is 0.717. The number of fused-ring (bicyclic) bond motifs is 1. The first kappa shape index (κ1) is 19.5. The van der Waals surface area contributed by atoms with Crippen LogP contribution in [0.2, 0.25) is 0 Å². The van der Waals surface area contributed by atoms with Crippen LogP contribution in [-0.4, -0.2) is 27.1 Å². The molecule has 5 rings (SSSR count). The van der Waals surface area contributed by atoms with Gasteiger partial charge in [-0.25, -0.2) is 4.79 Å². The number of nitrogens with one attached hydrogen (secondary N) is 1. The van der Waals surface area contributed by atoms with Crippen LogP contribution in [0.4, 0.5) is 5.00 Å². The summed E-state index contributed by atoms with van der Waals surface area (Å²) in [7, 11) is 0. The molecule has 0 saturated heterocycles. The Kier molecular flexibility index (Phi) is 4.57. The third kappa shape index (κ3) is 3.47. The molecular weight excluding hydrogens is 402 g/mol. The summed E-state index contributed by atoms with van der Waals surface area (Å²) in [4.78, 5) is 30.7. The van der Waals surface area contributed by atoms with Crippen molar-refractivity contribution in [3.8, 4) is 11.5 Å². The third-order valence-corrected chi connectivity index (χ3v) is 7.41. The number of aliphatic carboxylic acids is 1. The second-order valence-electron chi connectivity index (χ2n) is 9.38. The molecule has 0 unspecified atom stereocenters. The Morgan fingerprint density at radius 3 is 2.63 bits per heavy atom. The summed E-state index contributed by atoms with van der Waals surface area (Å²) in [6, 6.07) is 0. The summed E-state index contributed by atoms with van der Waals surface area (Å²) in [5.41, 5.74) is 2.37. The molecule has 7 nitrogen and oxygen atoms in total. The molecule has 2 aromatic rings. The lowest BCUT2D eigenvalue weighted by Gasteiger charge is -2.16. The Morgan fingerprint density at radius 1 is 1.17 bits per heavy atom. The number of thiophene rings is 1. The number of carbonyl (C=O) groups excluding carboxylic acids is 1. The van der Waals surface area contributed by atoms with E-state index in [1.165, 1.54) is 10.4 Å². The number of hydrogen-bond donors (Lipinski definition) is 2. The van der Waals surface area contributed by atoms with Gasteiger partial charge >= 0.3 is 5.97 Å². The van der Waals surface area contributed by atoms with Crippen molar-refractivity contribution in [2.24, 2.45) is 5.41 Å². The zero-order valence-corrected chi connectivity index (χ0v) is 18.0. The minimum Gasteiger partial charge on any atom is -0.478 e. The first-order valence-electron chi connectivity index (χ1n) is 10.6. The van der Waals surface area contributed by atoms with Crippen molar-refractivity contribution >= 4 is 28.2 Å². The van der Waals surface area contributed by atoms with Crippen molar-refractivity contribution in [1.29, 1.82) is 0 Å². The van der Waals surface area contributed by atoms with Gasteiger partial charge in [-0.2, -0.15) is 4.98 Å². The van der Waals surface area contributed by atoms with Gasteiger partial charge in [-0.3, -0.25) is 4.79 Å². The second-order valence-corrected chi connectivity index (χ2v) is 10.5. The van der Waals surface area contributed by atoms with Crippen molar-refractivity contribution in [1.82, 2.24) is 10.1 Å². The Balaban J connectivity index is 1.51. The highest BCUT2D eigenvalue weighted by Gasteiger charge is 2.38. The van der Waals surface area contributed by atoms with E-state index in [-0.39, 0.29) is 16.9 Å². The lowest BCUT2D eigenvalue weighted by molar-refractivity contribution is -0.133. The average molecular weight is 428 g/mol. The molecule has 0 atom stereocenters. The van der Waals surface area contributed by atoms with E-state index < -0.39 is 5.97 Å². The molecule has 3 aliphatic carbocycles. The van der Waals surface area contributed by atoms with Crippen LogP contribution in [0.15, 0.2) is 15.7 Å². The summed E-state index contributed by atoms with van der Waals surface area (Å²) in [6.07, 6.45) is 7.14. The molecule has 8 heteroatoms. The molecule has 158 valence electrons. The van der Waals surface area contributed by atoms with Crippen molar-refractivity contribution < 1.29 is 19.2 Å². The molecule has 2 heterocycles. The summed E-state index contributed by atoms with van der Waals surface area (Å²) >= 11 is 1.56. The molecule has 2 aromatic heterocycles. The van der Waals surface area contributed by atoms with Gasteiger partial charge < -0.3 is 14.9 Å². The lowest BCUT2D eigenvalue weighted by atomic mass is 9.89. The molecule has 0 radical (unpaired) electrons. The molecule has 3 aliphatic rings. The lowest BCUT2D eigenvalue weighted by Crippen LogP contribution is -2.17. The second kappa shape index (κ2) is 7.04. The standard InChI is InChI=1S/C22H25N3O4S/c1-22(2)9-13(14(10-22)21(27)28)18(26)24-20-16(12-5-3-4-6-15(12)30-20)19-23-17(25-29-19)11-7-8-11/h11H,3-10H2,1-2H3,(H,24,26)(H,27,28). The topological polar surface area (TPSA) is 105 Å². The molecule has 0 aliphatic heterocycles. The fourth-order valence-corrected chi connectivity index (χ4v) is 5.83. The number of anilines is 1. The zero-order valence-electron chi connectivity index (χ0n) is 17.2. The Morgan fingerprint density at radius 2 is 1.90 bits per heavy atom. The van der Waals surface area contributed by atoms with Gasteiger partial charge in [0.15, 0.2) is 5.82 Å². The van der Waals surface area contributed by atoms with Crippen molar-refractivity contribution in [2.75, 3.05) is 5.32 Å². The minimum absolute atomic E-state index is 0.217. The maximum Gasteiger partial charge on any atom is 0.332 e. The fourth-order valence-electron chi connectivity index (χ4n) is 4.56. The van der Waals surface area contributed by atoms with E-state index in [0.29, 0.717) is 35.2 Å². The van der Waals surface area contributed by atoms with Crippen LogP contribution in [0.25, 0.3) is 11.5 Å². The van der Waals surface area contributed by atoms with Gasteiger partial charge in [0.25, 0.3) is 11.8 Å². The molecule has 0 spiro atoms. The van der Waals surface area contributed by atoms with E-state index in [0.717, 1.165) is 49.9 Å². The number of carboxylic acids is 1. The van der Waals surface area contributed by atoms with Crippen LogP contribution >= 0.6 is 11.3 Å². The van der Waals surface area contributed by atoms with Gasteiger partial charge in [-0.05, 0) is 62.3 Å². The number of rotatable bonds is 5. The maximum atomic E-state index is 13.1. The highest BCUT2D eigenvalue weighted by Crippen LogP contribution is 2.47. The van der Waals surface area contributed by atoms with E-state index in [4.69, 9.17) is 4.52 Å². The molecule has 30 heavy (non-hydrogen) atoms. The molecule has 1 fully saturated rings. The molecule has 0 aromatic carbocycles. The Bertz CT molecular complexity index is 1070. The van der Waals surface area contributed by atoms with E-state index in [1.807, 2.05) is 13.8 Å². The summed E-state index contributed by atoms with van der Waals surface area (Å²) < 4.78 is 5.60. The molecule has 1 saturated carbocycles. The van der Waals surface area contributed by atoms with Gasteiger partial charge in [-0.15, -0.1) is 11.3 Å². The number of amides is 1. The normalized spacial score (nSPS) is 20.3. The van der Waals surface area contributed by atoms with Gasteiger partial charge in [0.2, 0.25) is 0 Å². The minimum atomic E-state index is -1.01. The zero-order chi connectivity index (χ0) is 21.0. The first-order valence-corrected chi connectivity index (χ1v) is 11.4. The first-order chi connectivity index (χ1) is 14.3. The fraction of sp³-hybridized carbons (Fsp3) is 0.545. The molecule has 1 amide bonds.